The molecule has 1 saturated carbocycles. The average molecular weight is 484 g/mol. The topological polar surface area (TPSA) is 96.3 Å². The number of nitrogens with one attached hydrogen (secondary N) is 2. The van der Waals surface area contributed by atoms with Crippen molar-refractivity contribution in [3.8, 4) is 5.69 Å². The fraction of sp³-hybridized carbons (Fsp3) is 0.538. The Morgan fingerprint density at radius 1 is 1.20 bits per heavy atom. The summed E-state index contributed by atoms with van der Waals surface area (Å²) in [5.41, 5.74) is -0.0570. The summed E-state index contributed by atoms with van der Waals surface area (Å²) in [6, 6.07) is 6.98. The van der Waals surface area contributed by atoms with E-state index in [0.717, 1.165) is 17.0 Å². The maximum atomic E-state index is 13.5. The van der Waals surface area contributed by atoms with Crippen LogP contribution in [-0.4, -0.2) is 44.6 Å². The molecule has 2 atom stereocenters. The maximum Gasteiger partial charge on any atom is 0.325 e. The van der Waals surface area contributed by atoms with Crippen molar-refractivity contribution in [2.45, 2.75) is 71.8 Å². The predicted molar refractivity (Wildman–Crippen MR) is 131 cm³/mol. The van der Waals surface area contributed by atoms with Gasteiger partial charge in [-0.05, 0) is 54.9 Å². The third-order valence-electron chi connectivity index (χ3n) is 6.74. The van der Waals surface area contributed by atoms with E-state index in [1.165, 1.54) is 16.8 Å². The Morgan fingerprint density at radius 2 is 1.86 bits per heavy atom. The number of urea groups is 1. The normalized spacial score (nSPS) is 24.1. The predicted octanol–water partition coefficient (Wildman–Crippen LogP) is 4.38. The van der Waals surface area contributed by atoms with Crippen LogP contribution in [0.5, 0.6) is 0 Å². The van der Waals surface area contributed by atoms with E-state index >= 15 is 0 Å². The van der Waals surface area contributed by atoms with E-state index in [1.807, 2.05) is 20.8 Å². The molecule has 4 rings (SSSR count). The summed E-state index contributed by atoms with van der Waals surface area (Å²) in [7, 11) is 0. The summed E-state index contributed by atoms with van der Waals surface area (Å²) in [6.45, 7) is 11.9. The summed E-state index contributed by atoms with van der Waals surface area (Å²) in [5, 5.41) is 10.3. The minimum absolute atomic E-state index is 0.0934. The van der Waals surface area contributed by atoms with Gasteiger partial charge in [-0.25, -0.2) is 13.9 Å². The number of halogens is 1. The number of rotatable bonds is 4. The molecular formula is C26H34FN5O3. The van der Waals surface area contributed by atoms with Gasteiger partial charge in [0.25, 0.3) is 5.91 Å². The van der Waals surface area contributed by atoms with Gasteiger partial charge in [0, 0.05) is 11.5 Å². The highest BCUT2D eigenvalue weighted by molar-refractivity contribution is 6.10. The van der Waals surface area contributed by atoms with Crippen LogP contribution in [0.3, 0.4) is 0 Å². The van der Waals surface area contributed by atoms with Gasteiger partial charge < -0.3 is 10.6 Å². The first-order valence-corrected chi connectivity index (χ1v) is 12.0. The lowest BCUT2D eigenvalue weighted by molar-refractivity contribution is -0.136. The van der Waals surface area contributed by atoms with Gasteiger partial charge in [0.2, 0.25) is 5.91 Å². The number of imide groups is 1. The zero-order valence-corrected chi connectivity index (χ0v) is 21.2. The SMILES string of the molecule is CC1CC(C)(C)CC2(C1)NC(=O)N(CC(=O)Nc1cc(C(C)(C)C)nn1-c1ccc(F)cc1)C2=O. The van der Waals surface area contributed by atoms with Crippen molar-refractivity contribution in [2.24, 2.45) is 11.3 Å². The molecule has 35 heavy (non-hydrogen) atoms. The van der Waals surface area contributed by atoms with Gasteiger partial charge in [-0.3, -0.25) is 14.5 Å². The lowest BCUT2D eigenvalue weighted by Gasteiger charge is -2.43. The van der Waals surface area contributed by atoms with Gasteiger partial charge in [0.15, 0.2) is 0 Å². The minimum atomic E-state index is -0.964. The van der Waals surface area contributed by atoms with E-state index in [-0.39, 0.29) is 28.5 Å². The van der Waals surface area contributed by atoms with Gasteiger partial charge in [0.05, 0.1) is 11.4 Å². The summed E-state index contributed by atoms with van der Waals surface area (Å²) >= 11 is 0. The molecule has 2 N–H and O–H groups in total. The molecule has 2 heterocycles. The van der Waals surface area contributed by atoms with E-state index in [1.54, 1.807) is 18.2 Å². The van der Waals surface area contributed by atoms with Crippen molar-refractivity contribution in [3.05, 3.63) is 41.8 Å². The van der Waals surface area contributed by atoms with Crippen molar-refractivity contribution in [1.82, 2.24) is 20.0 Å². The largest absolute Gasteiger partial charge is 0.325 e. The molecule has 8 nitrogen and oxygen atoms in total. The Kier molecular flexibility index (Phi) is 6.02. The number of carbonyl (C=O) groups excluding carboxylic acids is 3. The van der Waals surface area contributed by atoms with E-state index in [0.29, 0.717) is 24.3 Å². The highest BCUT2D eigenvalue weighted by Crippen LogP contribution is 2.46. The van der Waals surface area contributed by atoms with Crippen LogP contribution in [0.25, 0.3) is 5.69 Å². The van der Waals surface area contributed by atoms with Crippen LogP contribution in [0.4, 0.5) is 15.0 Å². The van der Waals surface area contributed by atoms with Gasteiger partial charge in [-0.1, -0.05) is 41.5 Å². The summed E-state index contributed by atoms with van der Waals surface area (Å²) < 4.78 is 15.0. The molecule has 1 aliphatic carbocycles. The van der Waals surface area contributed by atoms with Gasteiger partial charge in [-0.15, -0.1) is 0 Å². The van der Waals surface area contributed by atoms with Gasteiger partial charge >= 0.3 is 6.03 Å². The second kappa shape index (κ2) is 8.46. The fourth-order valence-electron chi connectivity index (χ4n) is 5.59. The van der Waals surface area contributed by atoms with Crippen molar-refractivity contribution >= 4 is 23.7 Å². The van der Waals surface area contributed by atoms with E-state index < -0.39 is 24.0 Å². The zero-order chi connectivity index (χ0) is 25.8. The average Bonchev–Trinajstić information content (AvgIpc) is 3.22. The Morgan fingerprint density at radius 3 is 2.46 bits per heavy atom. The highest BCUT2D eigenvalue weighted by Gasteiger charge is 2.56. The molecular weight excluding hydrogens is 449 g/mol. The van der Waals surface area contributed by atoms with Crippen molar-refractivity contribution in [2.75, 3.05) is 11.9 Å². The highest BCUT2D eigenvalue weighted by atomic mass is 19.1. The molecule has 2 unspecified atom stereocenters. The molecule has 4 amide bonds. The second-order valence-electron chi connectivity index (χ2n) is 11.9. The Labute approximate surface area is 205 Å². The molecule has 1 aromatic heterocycles. The molecule has 1 spiro atoms. The lowest BCUT2D eigenvalue weighted by Crippen LogP contribution is -2.54. The number of carbonyl (C=O) groups is 3. The first-order chi connectivity index (χ1) is 16.2. The number of hydrogen-bond acceptors (Lipinski definition) is 4. The zero-order valence-electron chi connectivity index (χ0n) is 21.2. The molecule has 2 aliphatic rings. The summed E-state index contributed by atoms with van der Waals surface area (Å²) in [6.07, 6.45) is 2.08. The van der Waals surface area contributed by atoms with Crippen LogP contribution < -0.4 is 10.6 Å². The molecule has 1 saturated heterocycles. The van der Waals surface area contributed by atoms with E-state index in [2.05, 4.69) is 36.5 Å². The van der Waals surface area contributed by atoms with Crippen LogP contribution in [0.15, 0.2) is 30.3 Å². The van der Waals surface area contributed by atoms with Gasteiger partial charge in [-0.2, -0.15) is 5.10 Å². The van der Waals surface area contributed by atoms with Crippen LogP contribution >= 0.6 is 0 Å². The first-order valence-electron chi connectivity index (χ1n) is 12.0. The molecule has 188 valence electrons. The molecule has 0 bridgehead atoms. The summed E-state index contributed by atoms with van der Waals surface area (Å²) in [4.78, 5) is 40.2. The van der Waals surface area contributed by atoms with E-state index in [9.17, 15) is 18.8 Å². The Bertz CT molecular complexity index is 1160. The molecule has 2 fully saturated rings. The smallest absolute Gasteiger partial charge is 0.323 e. The number of amides is 4. The molecule has 1 aromatic carbocycles. The van der Waals surface area contributed by atoms with Crippen molar-refractivity contribution in [3.63, 3.8) is 0 Å². The number of aromatic nitrogens is 2. The van der Waals surface area contributed by atoms with Crippen molar-refractivity contribution < 1.29 is 18.8 Å². The Balaban J connectivity index is 1.56. The van der Waals surface area contributed by atoms with Crippen LogP contribution in [0.2, 0.25) is 0 Å². The van der Waals surface area contributed by atoms with Crippen LogP contribution in [0, 0.1) is 17.2 Å². The Hall–Kier alpha value is -3.23. The van der Waals surface area contributed by atoms with Gasteiger partial charge in [0.1, 0.15) is 23.7 Å². The van der Waals surface area contributed by atoms with Crippen LogP contribution in [0.1, 0.15) is 66.5 Å². The monoisotopic (exact) mass is 483 g/mol. The third-order valence-corrected chi connectivity index (χ3v) is 6.74. The van der Waals surface area contributed by atoms with Crippen molar-refractivity contribution in [1.29, 1.82) is 0 Å². The fourth-order valence-corrected chi connectivity index (χ4v) is 5.59. The molecule has 2 aromatic rings. The number of anilines is 1. The number of benzene rings is 1. The van der Waals surface area contributed by atoms with E-state index in [4.69, 9.17) is 0 Å². The quantitative estimate of drug-likeness (QED) is 0.631. The first kappa shape index (κ1) is 24.9. The standard InChI is InChI=1S/C26H34FN5O3/c1-16-12-25(5,6)15-26(13-16)22(34)31(23(35)29-26)14-21(33)28-20-11-19(24(2,3)4)30-32(20)18-9-7-17(27)8-10-18/h7-11,16H,12-15H2,1-6H3,(H,28,33)(H,29,35). The molecule has 1 aliphatic heterocycles. The second-order valence-corrected chi connectivity index (χ2v) is 11.9. The summed E-state index contributed by atoms with van der Waals surface area (Å²) in [5.74, 6) is -0.592. The van der Waals surface area contributed by atoms with Crippen LogP contribution in [-0.2, 0) is 15.0 Å². The molecule has 0 radical (unpaired) electrons. The number of nitrogens with zero attached hydrogens (tertiary/aromatic N) is 3. The number of hydrogen-bond donors (Lipinski definition) is 2. The maximum absolute atomic E-state index is 13.5. The minimum Gasteiger partial charge on any atom is -0.323 e. The molecule has 9 heteroatoms. The lowest BCUT2D eigenvalue weighted by atomic mass is 9.64. The third kappa shape index (κ3) is 4.94.